The van der Waals surface area contributed by atoms with E-state index in [4.69, 9.17) is 4.74 Å². The highest BCUT2D eigenvalue weighted by molar-refractivity contribution is 14.0. The lowest BCUT2D eigenvalue weighted by molar-refractivity contribution is -0.153. The van der Waals surface area contributed by atoms with Crippen LogP contribution in [0.25, 0.3) is 0 Å². The normalized spacial score (nSPS) is 20.8. The minimum absolute atomic E-state index is 0. The number of hydrogen-bond acceptors (Lipinski definition) is 3. The largest absolute Gasteiger partial charge is 0.484 e. The van der Waals surface area contributed by atoms with Crippen molar-refractivity contribution in [1.29, 1.82) is 0 Å². The topological polar surface area (TPSA) is 62.7 Å². The van der Waals surface area contributed by atoms with Crippen molar-refractivity contribution in [2.24, 2.45) is 4.99 Å². The Bertz CT molecular complexity index is 687. The van der Waals surface area contributed by atoms with Crippen molar-refractivity contribution >= 4 is 40.7 Å². The van der Waals surface area contributed by atoms with Gasteiger partial charge in [0.1, 0.15) is 5.75 Å². The van der Waals surface area contributed by atoms with E-state index >= 15 is 0 Å². The first-order chi connectivity index (χ1) is 13.8. The fraction of sp³-hybridized carbons (Fsp3) is 0.650. The molecule has 0 saturated heterocycles. The van der Waals surface area contributed by atoms with Gasteiger partial charge < -0.3 is 15.4 Å². The molecule has 0 aromatic heterocycles. The number of nitrogens with one attached hydrogen (secondary N) is 2. The van der Waals surface area contributed by atoms with Gasteiger partial charge in [-0.2, -0.15) is 13.2 Å². The zero-order valence-corrected chi connectivity index (χ0v) is 20.5. The van der Waals surface area contributed by atoms with Gasteiger partial charge in [-0.1, -0.05) is 25.5 Å². The second-order valence-electron chi connectivity index (χ2n) is 7.04. The van der Waals surface area contributed by atoms with Crippen molar-refractivity contribution in [3.8, 4) is 5.75 Å². The van der Waals surface area contributed by atoms with E-state index in [0.29, 0.717) is 24.8 Å². The van der Waals surface area contributed by atoms with Gasteiger partial charge in [0, 0.05) is 34.4 Å². The molecule has 10 heteroatoms. The predicted molar refractivity (Wildman–Crippen MR) is 126 cm³/mol. The number of aliphatic imine (C=N–C) groups is 1. The van der Waals surface area contributed by atoms with E-state index in [1.165, 1.54) is 12.1 Å². The monoisotopic (exact) mass is 561 g/mol. The Morgan fingerprint density at radius 2 is 1.93 bits per heavy atom. The van der Waals surface area contributed by atoms with E-state index in [2.05, 4.69) is 15.6 Å². The Morgan fingerprint density at radius 1 is 1.23 bits per heavy atom. The molecule has 2 N–H and O–H groups in total. The first-order valence-electron chi connectivity index (χ1n) is 10.0. The molecule has 0 amide bonds. The molecule has 2 rings (SSSR count). The number of hydrogen-bond donors (Lipinski definition) is 2. The summed E-state index contributed by atoms with van der Waals surface area (Å²) in [5.41, 5.74) is 0.871. The van der Waals surface area contributed by atoms with Crippen LogP contribution in [-0.4, -0.2) is 46.5 Å². The van der Waals surface area contributed by atoms with Gasteiger partial charge >= 0.3 is 6.18 Å². The number of nitrogens with zero attached hydrogens (tertiary/aromatic N) is 1. The Hall–Kier alpha value is -1.04. The first kappa shape index (κ1) is 27.0. The number of guanidine groups is 1. The molecular formula is C20H31F3IN3O2S. The summed E-state index contributed by atoms with van der Waals surface area (Å²) in [4.78, 5) is 4.58. The SMILES string of the molecule is CCNC(=NCc1ccc(OCC(F)(F)F)cc1)NC1CCCC(S(=O)CC)C1.I. The summed E-state index contributed by atoms with van der Waals surface area (Å²) in [6.07, 6.45) is -0.400. The zero-order chi connectivity index (χ0) is 21.3. The number of benzene rings is 1. The van der Waals surface area contributed by atoms with Gasteiger partial charge in [0.15, 0.2) is 12.6 Å². The molecule has 0 radical (unpaired) electrons. The number of ether oxygens (including phenoxy) is 1. The third-order valence-electron chi connectivity index (χ3n) is 4.71. The van der Waals surface area contributed by atoms with Crippen LogP contribution in [-0.2, 0) is 17.3 Å². The van der Waals surface area contributed by atoms with Crippen LogP contribution in [0, 0.1) is 0 Å². The van der Waals surface area contributed by atoms with Crippen LogP contribution in [0.15, 0.2) is 29.3 Å². The van der Waals surface area contributed by atoms with Crippen molar-refractivity contribution in [2.75, 3.05) is 18.9 Å². The van der Waals surface area contributed by atoms with Crippen LogP contribution in [0.1, 0.15) is 45.1 Å². The summed E-state index contributed by atoms with van der Waals surface area (Å²) in [5.74, 6) is 1.56. The Kier molecular flexibility index (Phi) is 12.0. The Labute approximate surface area is 196 Å². The Balaban J connectivity index is 0.00000450. The minimum Gasteiger partial charge on any atom is -0.484 e. The van der Waals surface area contributed by atoms with Crippen molar-refractivity contribution in [3.05, 3.63) is 29.8 Å². The molecule has 1 aliphatic carbocycles. The van der Waals surface area contributed by atoms with Crippen molar-refractivity contribution in [1.82, 2.24) is 10.6 Å². The highest BCUT2D eigenvalue weighted by Crippen LogP contribution is 2.23. The molecule has 1 aromatic carbocycles. The van der Waals surface area contributed by atoms with Crippen LogP contribution in [0.2, 0.25) is 0 Å². The highest BCUT2D eigenvalue weighted by atomic mass is 127. The molecule has 0 heterocycles. The maximum absolute atomic E-state index is 12.2. The van der Waals surface area contributed by atoms with Crippen molar-refractivity contribution in [3.63, 3.8) is 0 Å². The smallest absolute Gasteiger partial charge is 0.422 e. The maximum atomic E-state index is 12.2. The predicted octanol–water partition coefficient (Wildman–Crippen LogP) is 4.38. The summed E-state index contributed by atoms with van der Waals surface area (Å²) < 4.78 is 53.5. The van der Waals surface area contributed by atoms with Gasteiger partial charge in [-0.3, -0.25) is 4.21 Å². The lowest BCUT2D eigenvalue weighted by Gasteiger charge is -2.30. The molecule has 0 bridgehead atoms. The van der Waals surface area contributed by atoms with Gasteiger partial charge in [-0.25, -0.2) is 4.99 Å². The molecule has 0 aliphatic heterocycles. The zero-order valence-electron chi connectivity index (χ0n) is 17.3. The summed E-state index contributed by atoms with van der Waals surface area (Å²) in [5, 5.41) is 6.89. The number of halogens is 4. The minimum atomic E-state index is -4.35. The van der Waals surface area contributed by atoms with Crippen LogP contribution in [0.5, 0.6) is 5.75 Å². The summed E-state index contributed by atoms with van der Waals surface area (Å²) in [7, 11) is -0.779. The molecule has 1 fully saturated rings. The molecule has 1 saturated carbocycles. The fourth-order valence-electron chi connectivity index (χ4n) is 3.29. The number of alkyl halides is 3. The van der Waals surface area contributed by atoms with E-state index in [9.17, 15) is 17.4 Å². The van der Waals surface area contributed by atoms with Crippen LogP contribution < -0.4 is 15.4 Å². The van der Waals surface area contributed by atoms with E-state index < -0.39 is 23.6 Å². The molecule has 3 unspecified atom stereocenters. The van der Waals surface area contributed by atoms with Gasteiger partial charge in [0.25, 0.3) is 0 Å². The lowest BCUT2D eigenvalue weighted by Crippen LogP contribution is -2.46. The molecule has 1 aromatic rings. The molecule has 30 heavy (non-hydrogen) atoms. The lowest BCUT2D eigenvalue weighted by atomic mass is 9.95. The Morgan fingerprint density at radius 3 is 2.53 bits per heavy atom. The average Bonchev–Trinajstić information content (AvgIpc) is 2.70. The fourth-order valence-corrected chi connectivity index (χ4v) is 4.64. The second-order valence-corrected chi connectivity index (χ2v) is 9.05. The third kappa shape index (κ3) is 9.84. The molecule has 172 valence electrons. The van der Waals surface area contributed by atoms with Gasteiger partial charge in [-0.05, 0) is 43.9 Å². The van der Waals surface area contributed by atoms with Crippen molar-refractivity contribution < 1.29 is 22.1 Å². The van der Waals surface area contributed by atoms with Gasteiger partial charge in [-0.15, -0.1) is 24.0 Å². The van der Waals surface area contributed by atoms with Crippen LogP contribution in [0.3, 0.4) is 0 Å². The van der Waals surface area contributed by atoms with Gasteiger partial charge in [0.05, 0.1) is 6.54 Å². The third-order valence-corrected chi connectivity index (χ3v) is 6.45. The van der Waals surface area contributed by atoms with Gasteiger partial charge in [0.2, 0.25) is 0 Å². The van der Waals surface area contributed by atoms with E-state index in [-0.39, 0.29) is 41.0 Å². The number of rotatable bonds is 8. The van der Waals surface area contributed by atoms with Crippen LogP contribution >= 0.6 is 24.0 Å². The molecule has 0 spiro atoms. The van der Waals surface area contributed by atoms with E-state index in [1.807, 2.05) is 13.8 Å². The quantitative estimate of drug-likeness (QED) is 0.281. The highest BCUT2D eigenvalue weighted by Gasteiger charge is 2.28. The molecular weight excluding hydrogens is 530 g/mol. The molecule has 1 aliphatic rings. The first-order valence-corrected chi connectivity index (χ1v) is 11.4. The summed E-state index contributed by atoms with van der Waals surface area (Å²) in [6.45, 7) is 3.75. The maximum Gasteiger partial charge on any atom is 0.422 e. The van der Waals surface area contributed by atoms with E-state index in [1.54, 1.807) is 12.1 Å². The summed E-state index contributed by atoms with van der Waals surface area (Å²) in [6, 6.07) is 6.69. The second kappa shape index (κ2) is 13.4. The standard InChI is InChI=1S/C20H30F3N3O2S.HI/c1-3-24-19(26-16-6-5-7-18(12-16)29(27)4-2)25-13-15-8-10-17(11-9-15)28-14-20(21,22)23;/h8-11,16,18H,3-7,12-14H2,1-2H3,(H2,24,25,26);1H. The average molecular weight is 561 g/mol. The molecule has 5 nitrogen and oxygen atoms in total. The van der Waals surface area contributed by atoms with E-state index in [0.717, 1.165) is 31.2 Å². The summed E-state index contributed by atoms with van der Waals surface area (Å²) >= 11 is 0. The van der Waals surface area contributed by atoms with Crippen molar-refractivity contribution in [2.45, 2.75) is 63.5 Å². The molecule has 3 atom stereocenters. The van der Waals surface area contributed by atoms with Crippen LogP contribution in [0.4, 0.5) is 13.2 Å².